The van der Waals surface area contributed by atoms with E-state index in [2.05, 4.69) is 30.2 Å². The van der Waals surface area contributed by atoms with Crippen LogP contribution in [0.25, 0.3) is 10.9 Å². The first-order chi connectivity index (χ1) is 17.6. The molecule has 0 saturated heterocycles. The Morgan fingerprint density at radius 3 is 2.13 bits per heavy atom. The smallest absolute Gasteiger partial charge is 0.294 e. The van der Waals surface area contributed by atoms with Crippen molar-refractivity contribution in [1.82, 2.24) is 9.36 Å². The Kier molecular flexibility index (Phi) is 8.62. The molecule has 0 atom stereocenters. The monoisotopic (exact) mass is 605 g/mol. The molecule has 0 fully saturated rings. The van der Waals surface area contributed by atoms with E-state index in [-0.39, 0.29) is 56.8 Å². The molecule has 0 aliphatic carbocycles. The van der Waals surface area contributed by atoms with Gasteiger partial charge < -0.3 is 10.6 Å². The van der Waals surface area contributed by atoms with Crippen molar-refractivity contribution >= 4 is 75.1 Å². The van der Waals surface area contributed by atoms with Gasteiger partial charge in [-0.3, -0.25) is 13.7 Å². The van der Waals surface area contributed by atoms with Gasteiger partial charge in [-0.05, 0) is 36.7 Å². The number of hydrogen-bond acceptors (Lipinski definition) is 14. The van der Waals surface area contributed by atoms with Crippen molar-refractivity contribution in [2.75, 3.05) is 35.2 Å². The lowest BCUT2D eigenvalue weighted by molar-refractivity contribution is 0.481. The van der Waals surface area contributed by atoms with Gasteiger partial charge in [0.05, 0.1) is 27.5 Å². The fraction of sp³-hybridized carbons (Fsp3) is 0.278. The summed E-state index contributed by atoms with van der Waals surface area (Å²) >= 11 is 0.863. The van der Waals surface area contributed by atoms with E-state index in [1.807, 2.05) is 6.07 Å². The van der Waals surface area contributed by atoms with Crippen molar-refractivity contribution < 1.29 is 38.9 Å². The van der Waals surface area contributed by atoms with Crippen molar-refractivity contribution in [3.8, 4) is 6.07 Å². The molecule has 20 heteroatoms. The number of benzene rings is 1. The zero-order valence-corrected chi connectivity index (χ0v) is 22.5. The Labute approximate surface area is 220 Å². The number of aromatic nitrogens is 2. The number of fused-ring (bicyclic) bond motifs is 1. The van der Waals surface area contributed by atoms with Crippen LogP contribution >= 0.6 is 11.5 Å². The lowest BCUT2D eigenvalue weighted by atomic mass is 10.1. The fourth-order valence-electron chi connectivity index (χ4n) is 3.04. The van der Waals surface area contributed by atoms with E-state index in [1.54, 1.807) is 0 Å². The Hall–Kier alpha value is -3.32. The molecule has 0 spiro atoms. The van der Waals surface area contributed by atoms with E-state index in [4.69, 9.17) is 9.11 Å². The molecule has 0 unspecified atom stereocenters. The summed E-state index contributed by atoms with van der Waals surface area (Å²) < 4.78 is 98.7. The average molecular weight is 606 g/mol. The summed E-state index contributed by atoms with van der Waals surface area (Å²) in [6.45, 7) is 0.831. The average Bonchev–Trinajstić information content (AvgIpc) is 3.19. The van der Waals surface area contributed by atoms with Crippen LogP contribution in [0, 0.1) is 18.3 Å². The van der Waals surface area contributed by atoms with Crippen LogP contribution in [0.1, 0.15) is 11.1 Å². The normalized spacial score (nSPS) is 12.6. The fourth-order valence-corrected chi connectivity index (χ4v) is 4.95. The first-order valence-electron chi connectivity index (χ1n) is 10.2. The van der Waals surface area contributed by atoms with Gasteiger partial charge in [-0.2, -0.15) is 34.9 Å². The molecule has 5 N–H and O–H groups in total. The molecule has 2 heterocycles. The van der Waals surface area contributed by atoms with Crippen LogP contribution in [0.15, 0.2) is 33.3 Å². The van der Waals surface area contributed by atoms with E-state index in [0.29, 0.717) is 5.52 Å². The van der Waals surface area contributed by atoms with Crippen LogP contribution in [-0.2, 0) is 30.4 Å². The highest BCUT2D eigenvalue weighted by Gasteiger charge is 2.19. The van der Waals surface area contributed by atoms with E-state index < -0.39 is 41.9 Å². The second kappa shape index (κ2) is 11.2. The van der Waals surface area contributed by atoms with Crippen molar-refractivity contribution in [2.45, 2.75) is 11.8 Å². The van der Waals surface area contributed by atoms with Gasteiger partial charge in [0.25, 0.3) is 30.4 Å². The molecule has 3 aromatic rings. The zero-order chi connectivity index (χ0) is 28.3. The van der Waals surface area contributed by atoms with Crippen LogP contribution in [0.5, 0.6) is 0 Å². The minimum Gasteiger partial charge on any atom is -0.368 e. The number of nitriles is 1. The molecule has 0 radical (unpaired) electrons. The lowest BCUT2D eigenvalue weighted by Gasteiger charge is -2.15. The standard InChI is InChI=1S/C18H19N7O9S4/c1-10-13(9-19)16(20-4-6-36(26,27)28)22-17(21-5-7-37(29,30)31)15(10)23-24-18-12-8-11(38(32,33)34)2-3-14(12)25-35-18/h2-3,8H,4-7H2,1H3,(H2,20,21,22)(H,26,27,28)(H,29,30,31)(H,32,33,34). The minimum atomic E-state index is -4.50. The summed E-state index contributed by atoms with van der Waals surface area (Å²) in [6, 6.07) is 5.58. The number of azo groups is 1. The molecule has 0 amide bonds. The number of nitrogens with one attached hydrogen (secondary N) is 2. The summed E-state index contributed by atoms with van der Waals surface area (Å²) in [5, 5.41) is 23.5. The predicted octanol–water partition coefficient (Wildman–Crippen LogP) is 2.13. The zero-order valence-electron chi connectivity index (χ0n) is 19.2. The molecule has 1 aromatic carbocycles. The summed E-state index contributed by atoms with van der Waals surface area (Å²) in [5.74, 6) is -1.57. The SMILES string of the molecule is Cc1c(C#N)c(NCCS(=O)(=O)O)nc(NCCS(=O)(=O)O)c1N=Nc1snc2ccc(S(=O)(=O)O)cc12. The van der Waals surface area contributed by atoms with Gasteiger partial charge >= 0.3 is 0 Å². The molecule has 2 aromatic heterocycles. The topological polar surface area (TPSA) is 261 Å². The van der Waals surface area contributed by atoms with Crippen molar-refractivity contribution in [3.63, 3.8) is 0 Å². The second-order valence-corrected chi connectivity index (χ2v) is 12.9. The molecule has 16 nitrogen and oxygen atoms in total. The first kappa shape index (κ1) is 29.2. The van der Waals surface area contributed by atoms with Crippen molar-refractivity contribution in [3.05, 3.63) is 29.3 Å². The van der Waals surface area contributed by atoms with Crippen LogP contribution in [0.3, 0.4) is 0 Å². The summed E-state index contributed by atoms with van der Waals surface area (Å²) in [4.78, 5) is 3.79. The molecule has 3 rings (SSSR count). The molecule has 0 bridgehead atoms. The van der Waals surface area contributed by atoms with Crippen LogP contribution in [-0.4, -0.2) is 72.9 Å². The highest BCUT2D eigenvalue weighted by Crippen LogP contribution is 2.37. The number of anilines is 2. The summed E-state index contributed by atoms with van der Waals surface area (Å²) in [7, 11) is -13.2. The van der Waals surface area contributed by atoms with Crippen LogP contribution in [0.4, 0.5) is 22.3 Å². The molecule has 0 aliphatic rings. The van der Waals surface area contributed by atoms with Gasteiger partial charge in [-0.15, -0.1) is 10.2 Å². The minimum absolute atomic E-state index is 0.0234. The van der Waals surface area contributed by atoms with Gasteiger partial charge in [0.2, 0.25) is 0 Å². The third kappa shape index (κ3) is 7.60. The molecular weight excluding hydrogens is 587 g/mol. The van der Waals surface area contributed by atoms with Gasteiger partial charge in [0.15, 0.2) is 10.8 Å². The third-order valence-corrected chi connectivity index (χ3v) is 7.85. The van der Waals surface area contributed by atoms with Crippen LogP contribution in [0.2, 0.25) is 0 Å². The van der Waals surface area contributed by atoms with E-state index in [1.165, 1.54) is 13.0 Å². The first-order valence-corrected chi connectivity index (χ1v) is 15.6. The largest absolute Gasteiger partial charge is 0.368 e. The Morgan fingerprint density at radius 2 is 1.58 bits per heavy atom. The summed E-state index contributed by atoms with van der Waals surface area (Å²) in [5.41, 5.74) is 0.485. The maximum Gasteiger partial charge on any atom is 0.294 e. The van der Waals surface area contributed by atoms with E-state index >= 15 is 0 Å². The Balaban J connectivity index is 2.07. The molecule has 0 saturated carbocycles. The van der Waals surface area contributed by atoms with Gasteiger partial charge in [-0.25, -0.2) is 4.98 Å². The van der Waals surface area contributed by atoms with Crippen molar-refractivity contribution in [1.29, 1.82) is 5.26 Å². The number of rotatable bonds is 11. The Bertz CT molecular complexity index is 1780. The van der Waals surface area contributed by atoms with Gasteiger partial charge in [0.1, 0.15) is 17.6 Å². The van der Waals surface area contributed by atoms with E-state index in [9.17, 15) is 35.1 Å². The van der Waals surface area contributed by atoms with E-state index in [0.717, 1.165) is 23.7 Å². The van der Waals surface area contributed by atoms with Crippen molar-refractivity contribution in [2.24, 2.45) is 10.2 Å². The van der Waals surface area contributed by atoms with Gasteiger partial charge in [0, 0.05) is 24.0 Å². The predicted molar refractivity (Wildman–Crippen MR) is 137 cm³/mol. The quantitative estimate of drug-likeness (QED) is 0.155. The maximum absolute atomic E-state index is 11.5. The Morgan fingerprint density at radius 1 is 0.974 bits per heavy atom. The highest BCUT2D eigenvalue weighted by molar-refractivity contribution is 7.86. The molecular formula is C18H19N7O9S4. The molecule has 204 valence electrons. The lowest BCUT2D eigenvalue weighted by Crippen LogP contribution is -2.18. The van der Waals surface area contributed by atoms with Gasteiger partial charge in [-0.1, -0.05) is 0 Å². The molecule has 0 aliphatic heterocycles. The number of nitrogens with zero attached hydrogens (tertiary/aromatic N) is 5. The summed E-state index contributed by atoms with van der Waals surface area (Å²) in [6.07, 6.45) is 0. The third-order valence-electron chi connectivity index (χ3n) is 4.80. The number of pyridine rings is 1. The van der Waals surface area contributed by atoms with Crippen LogP contribution < -0.4 is 10.6 Å². The maximum atomic E-state index is 11.5. The molecule has 38 heavy (non-hydrogen) atoms. The highest BCUT2D eigenvalue weighted by atomic mass is 32.2. The number of hydrogen-bond donors (Lipinski definition) is 5. The second-order valence-electron chi connectivity index (χ2n) is 7.54.